The van der Waals surface area contributed by atoms with Gasteiger partial charge in [-0.15, -0.1) is 0 Å². The van der Waals surface area contributed by atoms with Gasteiger partial charge in [0, 0.05) is 92.0 Å². The fraction of sp³-hybridized carbons (Fsp3) is 0. The van der Waals surface area contributed by atoms with Crippen LogP contribution in [0.5, 0.6) is 0 Å². The first-order valence-electron chi connectivity index (χ1n) is 35.1. The molecule has 7 nitrogen and oxygen atoms in total. The number of nitrogens with zero attached hydrogens (tertiary/aromatic N) is 2. The summed E-state index contributed by atoms with van der Waals surface area (Å²) in [5.74, 6) is 0. The average Bonchev–Trinajstić information content (AvgIpc) is 1.33. The summed E-state index contributed by atoms with van der Waals surface area (Å²) in [5, 5.41) is 24.9. The molecule has 0 amide bonds. The van der Waals surface area contributed by atoms with Gasteiger partial charge in [0.2, 0.25) is 0 Å². The molecule has 0 saturated carbocycles. The van der Waals surface area contributed by atoms with Crippen LogP contribution in [0.1, 0.15) is 0 Å². The quantitative estimate of drug-likeness (QED) is 0.0878. The number of rotatable bonds is 13. The zero-order valence-corrected chi connectivity index (χ0v) is 61.4. The molecule has 16 aromatic carbocycles. The van der Waals surface area contributed by atoms with Gasteiger partial charge in [0.25, 0.3) is 0 Å². The van der Waals surface area contributed by atoms with Crippen molar-refractivity contribution in [2.24, 2.45) is 0 Å². The topological polar surface area (TPSA) is 86.4 Å². The molecule has 10 heteroatoms. The van der Waals surface area contributed by atoms with Crippen molar-refractivity contribution in [3.63, 3.8) is 0 Å². The Morgan fingerprint density at radius 2 is 0.449 bits per heavy atom. The third-order valence-corrected chi connectivity index (χ3v) is 20.5. The highest BCUT2D eigenvalue weighted by atomic mass is 79.9. The number of fused-ring (bicyclic) bond motifs is 9. The molecule has 0 radical (unpaired) electrons. The number of benzene rings is 16. The van der Waals surface area contributed by atoms with Gasteiger partial charge in [0.05, 0.1) is 0 Å². The first kappa shape index (κ1) is 68.9. The second kappa shape index (κ2) is 30.7. The summed E-state index contributed by atoms with van der Waals surface area (Å²) < 4.78 is 20.6. The largest absolute Gasteiger partial charge is 0.492 e. The first-order chi connectivity index (χ1) is 52.2. The standard InChI is InChI=1S/C54H35NO2.C30H21Br2N.C12H9BO3.CH3/c1-2-10-36(11-3-1)37-20-22-38(23-21-37)39-24-30-42(31-25-39)55(43-32-26-40(27-33-43)45-14-8-16-49-47-12-4-6-18-51(47)56-53(45)49)44-34-28-41(29-35-44)46-15-9-17-50-48-13-5-7-19-52(48)57-54(46)50;31-26-12-18-29(19-13-26)33(30-20-14-27(32)15-21-30)28-16-10-25(11-17-28)24-8-6-23(7-9-24)22-4-2-1-3-5-22;14-13(15)10-6-3-5-9-8-4-1-2-7-11(8)16-12(9)10;/h1-35H;1-21H;1-7,14-15H;1H3/q;;;-1. The molecule has 3 aromatic heterocycles. The second-order valence-corrected chi connectivity index (χ2v) is 27.8. The zero-order valence-electron chi connectivity index (χ0n) is 58.2. The molecule has 2 N–H and O–H groups in total. The lowest BCUT2D eigenvalue weighted by Gasteiger charge is -2.26. The molecule has 0 fully saturated rings. The lowest BCUT2D eigenvalue weighted by Crippen LogP contribution is -2.29. The minimum absolute atomic E-state index is 0. The summed E-state index contributed by atoms with van der Waals surface area (Å²) in [6.45, 7) is 0. The van der Waals surface area contributed by atoms with E-state index in [9.17, 15) is 10.0 Å². The monoisotopic (exact) mass is 1510 g/mol. The fourth-order valence-electron chi connectivity index (χ4n) is 14.2. The zero-order chi connectivity index (χ0) is 71.5. The van der Waals surface area contributed by atoms with Crippen molar-refractivity contribution in [2.45, 2.75) is 0 Å². The Morgan fingerprint density at radius 3 is 0.766 bits per heavy atom. The lowest BCUT2D eigenvalue weighted by atomic mass is 9.79. The van der Waals surface area contributed by atoms with E-state index >= 15 is 0 Å². The van der Waals surface area contributed by atoms with Gasteiger partial charge >= 0.3 is 7.12 Å². The molecule has 0 atom stereocenters. The molecule has 0 aliphatic rings. The van der Waals surface area contributed by atoms with E-state index in [-0.39, 0.29) is 7.43 Å². The Labute approximate surface area is 638 Å². The van der Waals surface area contributed by atoms with Crippen LogP contribution in [0.4, 0.5) is 34.1 Å². The maximum Gasteiger partial charge on any atom is 0.492 e. The number of para-hydroxylation sites is 6. The van der Waals surface area contributed by atoms with Crippen molar-refractivity contribution in [1.82, 2.24) is 0 Å². The summed E-state index contributed by atoms with van der Waals surface area (Å²) in [7, 11) is -1.51. The van der Waals surface area contributed by atoms with E-state index in [1.54, 1.807) is 12.1 Å². The van der Waals surface area contributed by atoms with Crippen molar-refractivity contribution >= 4 is 144 Å². The van der Waals surface area contributed by atoms with Crippen LogP contribution in [0.2, 0.25) is 0 Å². The fourth-order valence-corrected chi connectivity index (χ4v) is 14.7. The van der Waals surface area contributed by atoms with Crippen molar-refractivity contribution in [3.05, 3.63) is 399 Å². The molecule has 19 rings (SSSR count). The number of anilines is 6. The van der Waals surface area contributed by atoms with Crippen molar-refractivity contribution in [2.75, 3.05) is 9.80 Å². The SMILES string of the molecule is Brc1ccc(N(c2ccc(Br)cc2)c2ccc(-c3ccc(-c4ccccc4)cc3)cc2)cc1.OB(O)c1cccc2c1oc1ccccc12.[CH3-].c1ccc(-c2ccc(-c3ccc(N(c4ccc(-c5cccc6c5oc5ccccc56)cc4)c4ccc(-c5cccc6c5oc5ccccc56)cc4)cc3)cc2)cc1. The van der Waals surface area contributed by atoms with E-state index in [0.717, 1.165) is 126 Å². The molecule has 19 aromatic rings. The van der Waals surface area contributed by atoms with Crippen molar-refractivity contribution in [3.8, 4) is 66.8 Å². The predicted octanol–water partition coefficient (Wildman–Crippen LogP) is 27.4. The van der Waals surface area contributed by atoms with Gasteiger partial charge in [-0.3, -0.25) is 0 Å². The van der Waals surface area contributed by atoms with Gasteiger partial charge in [0.15, 0.2) is 0 Å². The van der Waals surface area contributed by atoms with Crippen LogP contribution in [-0.2, 0) is 0 Å². The molecular formula is C97H68BBr2N2O5-. The van der Waals surface area contributed by atoms with Crippen LogP contribution in [0, 0.1) is 7.43 Å². The predicted molar refractivity (Wildman–Crippen MR) is 455 cm³/mol. The number of hydrogen-bond donors (Lipinski definition) is 2. The highest BCUT2D eigenvalue weighted by Crippen LogP contribution is 2.43. The number of hydrogen-bond acceptors (Lipinski definition) is 7. The van der Waals surface area contributed by atoms with Crippen LogP contribution in [-0.4, -0.2) is 17.2 Å². The van der Waals surface area contributed by atoms with Gasteiger partial charge in [-0.1, -0.05) is 299 Å². The van der Waals surface area contributed by atoms with Gasteiger partial charge in [-0.2, -0.15) is 0 Å². The minimum Gasteiger partial charge on any atom is -0.456 e. The van der Waals surface area contributed by atoms with Gasteiger partial charge < -0.3 is 40.5 Å². The van der Waals surface area contributed by atoms with E-state index in [4.69, 9.17) is 13.3 Å². The summed E-state index contributed by atoms with van der Waals surface area (Å²) in [5.41, 5.74) is 25.8. The molecule has 0 unspecified atom stereocenters. The first-order valence-corrected chi connectivity index (χ1v) is 36.7. The normalized spacial score (nSPS) is 11.1. The van der Waals surface area contributed by atoms with Crippen LogP contribution in [0.3, 0.4) is 0 Å². The number of furan rings is 3. The molecule has 0 spiro atoms. The van der Waals surface area contributed by atoms with Crippen molar-refractivity contribution < 1.29 is 23.3 Å². The van der Waals surface area contributed by atoms with Crippen LogP contribution < -0.4 is 15.3 Å². The van der Waals surface area contributed by atoms with Crippen LogP contribution >= 0.6 is 31.9 Å². The summed E-state index contributed by atoms with van der Waals surface area (Å²) in [6, 6.07) is 133. The molecule has 0 saturated heterocycles. The summed E-state index contributed by atoms with van der Waals surface area (Å²) in [6.07, 6.45) is 0. The van der Waals surface area contributed by atoms with Crippen molar-refractivity contribution in [1.29, 1.82) is 0 Å². The molecule has 3 heterocycles. The smallest absolute Gasteiger partial charge is 0.456 e. The Morgan fingerprint density at radius 1 is 0.215 bits per heavy atom. The highest BCUT2D eigenvalue weighted by Gasteiger charge is 2.21. The van der Waals surface area contributed by atoms with Gasteiger partial charge in [-0.05, 0) is 171 Å². The Hall–Kier alpha value is -12.5. The maximum atomic E-state index is 9.24. The molecule has 0 aliphatic carbocycles. The van der Waals surface area contributed by atoms with E-state index in [1.165, 1.54) is 44.5 Å². The molecule has 0 aliphatic heterocycles. The minimum atomic E-state index is -1.51. The van der Waals surface area contributed by atoms with E-state index in [1.807, 2.05) is 60.7 Å². The Balaban J connectivity index is 0.000000146. The summed E-state index contributed by atoms with van der Waals surface area (Å²) in [4.78, 5) is 4.58. The summed E-state index contributed by atoms with van der Waals surface area (Å²) >= 11 is 7.09. The third-order valence-electron chi connectivity index (χ3n) is 19.5. The van der Waals surface area contributed by atoms with Gasteiger partial charge in [0.1, 0.15) is 33.5 Å². The lowest BCUT2D eigenvalue weighted by molar-refractivity contribution is 0.425. The number of halogens is 2. The second-order valence-electron chi connectivity index (χ2n) is 26.0. The molecule has 0 bridgehead atoms. The van der Waals surface area contributed by atoms with E-state index in [0.29, 0.717) is 11.0 Å². The molecule has 514 valence electrons. The van der Waals surface area contributed by atoms with Crippen LogP contribution in [0.15, 0.2) is 404 Å². The molecular weight excluding hydrogens is 1440 g/mol. The maximum absolute atomic E-state index is 9.24. The van der Waals surface area contributed by atoms with Gasteiger partial charge in [-0.25, -0.2) is 0 Å². The van der Waals surface area contributed by atoms with E-state index in [2.05, 4.69) is 351 Å². The third kappa shape index (κ3) is 14.2. The Kier molecular flexibility index (Phi) is 19.7. The van der Waals surface area contributed by atoms with E-state index < -0.39 is 7.12 Å². The molecule has 107 heavy (non-hydrogen) atoms. The highest BCUT2D eigenvalue weighted by molar-refractivity contribution is 9.10. The Bertz CT molecular complexity index is 6070. The van der Waals surface area contributed by atoms with Crippen LogP contribution in [0.25, 0.3) is 133 Å². The average molecular weight is 1510 g/mol.